The van der Waals surface area contributed by atoms with Gasteiger partial charge in [0.25, 0.3) is 0 Å². The fourth-order valence-electron chi connectivity index (χ4n) is 4.66. The van der Waals surface area contributed by atoms with Gasteiger partial charge >= 0.3 is 0 Å². The molecule has 7 heteroatoms. The van der Waals surface area contributed by atoms with Crippen LogP contribution < -0.4 is 15.0 Å². The number of unbranched alkanes of at least 4 members (excludes halogenated alkanes) is 1. The van der Waals surface area contributed by atoms with Crippen LogP contribution in [0, 0.1) is 5.82 Å². The van der Waals surface area contributed by atoms with Crippen LogP contribution in [0.25, 0.3) is 10.8 Å². The maximum atomic E-state index is 14.6. The molecule has 2 aromatic carbocycles. The lowest BCUT2D eigenvalue weighted by molar-refractivity contribution is -0.116. The van der Waals surface area contributed by atoms with Crippen molar-refractivity contribution in [2.75, 3.05) is 49.5 Å². The summed E-state index contributed by atoms with van der Waals surface area (Å²) in [5.41, 5.74) is 1.79. The molecule has 0 spiro atoms. The summed E-state index contributed by atoms with van der Waals surface area (Å²) in [6.45, 7) is 5.10. The van der Waals surface area contributed by atoms with Crippen LogP contribution in [0.1, 0.15) is 24.8 Å². The summed E-state index contributed by atoms with van der Waals surface area (Å²) in [7, 11) is 0. The number of aryl methyl sites for hydroxylation is 1. The minimum Gasteiger partial charge on any atom is -0.478 e. The van der Waals surface area contributed by atoms with E-state index in [2.05, 4.69) is 20.1 Å². The first kappa shape index (κ1) is 21.6. The molecule has 6 nitrogen and oxygen atoms in total. The van der Waals surface area contributed by atoms with Gasteiger partial charge in [-0.25, -0.2) is 4.39 Å². The lowest BCUT2D eigenvalue weighted by atomic mass is 10.1. The highest BCUT2D eigenvalue weighted by molar-refractivity contribution is 5.94. The molecule has 1 aromatic heterocycles. The normalized spacial score (nSPS) is 16.5. The molecular formula is C26H29FN4O2. The third kappa shape index (κ3) is 4.93. The number of hydrogen-bond donors (Lipinski definition) is 1. The SMILES string of the molecule is O=C1CCc2ccc(OCCCCN3CCN(c4c(F)ccc5ccccc45)CC3)nc2N1. The zero-order chi connectivity index (χ0) is 22.6. The van der Waals surface area contributed by atoms with Gasteiger partial charge in [-0.3, -0.25) is 9.69 Å². The number of hydrogen-bond acceptors (Lipinski definition) is 5. The number of fused-ring (bicyclic) bond motifs is 2. The Labute approximate surface area is 193 Å². The van der Waals surface area contributed by atoms with E-state index in [1.807, 2.05) is 42.5 Å². The number of carbonyl (C=O) groups excluding carboxylic acids is 1. The van der Waals surface area contributed by atoms with Gasteiger partial charge in [-0.15, -0.1) is 0 Å². The van der Waals surface area contributed by atoms with Crippen LogP contribution in [0.4, 0.5) is 15.9 Å². The van der Waals surface area contributed by atoms with Crippen LogP contribution >= 0.6 is 0 Å². The van der Waals surface area contributed by atoms with E-state index in [1.54, 1.807) is 6.07 Å². The molecule has 0 bridgehead atoms. The summed E-state index contributed by atoms with van der Waals surface area (Å²) in [6, 6.07) is 15.3. The highest BCUT2D eigenvalue weighted by atomic mass is 19.1. The number of ether oxygens (including phenoxy) is 1. The molecule has 0 unspecified atom stereocenters. The largest absolute Gasteiger partial charge is 0.478 e. The number of carbonyl (C=O) groups is 1. The van der Waals surface area contributed by atoms with Crippen molar-refractivity contribution in [2.24, 2.45) is 0 Å². The minimum absolute atomic E-state index is 0.00966. The van der Waals surface area contributed by atoms with E-state index in [-0.39, 0.29) is 11.7 Å². The average Bonchev–Trinajstić information content (AvgIpc) is 2.84. The predicted molar refractivity (Wildman–Crippen MR) is 128 cm³/mol. The smallest absolute Gasteiger partial charge is 0.225 e. The number of rotatable bonds is 7. The van der Waals surface area contributed by atoms with Gasteiger partial charge in [0.15, 0.2) is 0 Å². The molecule has 1 amide bonds. The lowest BCUT2D eigenvalue weighted by Crippen LogP contribution is -2.47. The molecule has 172 valence electrons. The molecule has 3 aromatic rings. The Morgan fingerprint density at radius 1 is 0.970 bits per heavy atom. The molecule has 1 saturated heterocycles. The summed E-state index contributed by atoms with van der Waals surface area (Å²) < 4.78 is 20.4. The summed E-state index contributed by atoms with van der Waals surface area (Å²) in [4.78, 5) is 20.6. The van der Waals surface area contributed by atoms with Crippen LogP contribution in [-0.2, 0) is 11.2 Å². The minimum atomic E-state index is -0.144. The summed E-state index contributed by atoms with van der Waals surface area (Å²) >= 11 is 0. The molecule has 2 aliphatic heterocycles. The molecule has 5 rings (SSSR count). The van der Waals surface area contributed by atoms with Crippen molar-refractivity contribution in [3.05, 3.63) is 59.9 Å². The Kier molecular flexibility index (Phi) is 6.39. The van der Waals surface area contributed by atoms with Gasteiger partial charge in [0.2, 0.25) is 11.8 Å². The van der Waals surface area contributed by atoms with Gasteiger partial charge in [0.1, 0.15) is 11.6 Å². The van der Waals surface area contributed by atoms with Gasteiger partial charge in [-0.05, 0) is 48.9 Å². The monoisotopic (exact) mass is 448 g/mol. The van der Waals surface area contributed by atoms with Crippen molar-refractivity contribution in [3.8, 4) is 5.88 Å². The van der Waals surface area contributed by atoms with Crippen LogP contribution in [0.3, 0.4) is 0 Å². The van der Waals surface area contributed by atoms with Crippen molar-refractivity contribution < 1.29 is 13.9 Å². The summed E-state index contributed by atoms with van der Waals surface area (Å²) in [5, 5.41) is 4.87. The first-order valence-corrected chi connectivity index (χ1v) is 11.7. The Balaban J connectivity index is 1.06. The van der Waals surface area contributed by atoms with Gasteiger partial charge in [0.05, 0.1) is 12.3 Å². The summed E-state index contributed by atoms with van der Waals surface area (Å²) in [5.74, 6) is 1.05. The number of pyridine rings is 1. The van der Waals surface area contributed by atoms with Gasteiger partial charge in [0, 0.05) is 44.1 Å². The van der Waals surface area contributed by atoms with E-state index < -0.39 is 0 Å². The van der Waals surface area contributed by atoms with E-state index in [4.69, 9.17) is 4.74 Å². The van der Waals surface area contributed by atoms with Crippen molar-refractivity contribution in [2.45, 2.75) is 25.7 Å². The van der Waals surface area contributed by atoms with Gasteiger partial charge in [-0.2, -0.15) is 4.98 Å². The topological polar surface area (TPSA) is 57.7 Å². The Bertz CT molecular complexity index is 1140. The summed E-state index contributed by atoms with van der Waals surface area (Å²) in [6.07, 6.45) is 3.21. The molecule has 0 saturated carbocycles. The molecule has 0 atom stereocenters. The number of piperazine rings is 1. The number of anilines is 2. The van der Waals surface area contributed by atoms with Crippen LogP contribution in [0.15, 0.2) is 48.5 Å². The fraction of sp³-hybridized carbons (Fsp3) is 0.385. The molecule has 1 N–H and O–H groups in total. The van der Waals surface area contributed by atoms with E-state index in [0.29, 0.717) is 24.7 Å². The van der Waals surface area contributed by atoms with Gasteiger partial charge < -0.3 is 15.0 Å². The number of benzene rings is 2. The van der Waals surface area contributed by atoms with Crippen molar-refractivity contribution in [3.63, 3.8) is 0 Å². The third-order valence-corrected chi connectivity index (χ3v) is 6.49. The Morgan fingerprint density at radius 2 is 1.82 bits per heavy atom. The van der Waals surface area contributed by atoms with Crippen molar-refractivity contribution in [1.29, 1.82) is 0 Å². The molecule has 0 radical (unpaired) electrons. The van der Waals surface area contributed by atoms with Crippen LogP contribution in [-0.4, -0.2) is 55.1 Å². The third-order valence-electron chi connectivity index (χ3n) is 6.49. The van der Waals surface area contributed by atoms with E-state index in [0.717, 1.165) is 74.0 Å². The van der Waals surface area contributed by atoms with E-state index in [9.17, 15) is 9.18 Å². The molecular weight excluding hydrogens is 419 g/mol. The first-order valence-electron chi connectivity index (χ1n) is 11.7. The number of nitrogens with zero attached hydrogens (tertiary/aromatic N) is 3. The number of halogens is 1. The standard InChI is InChI=1S/C26H29FN4O2/c27-22-10-7-19-5-1-2-6-21(19)25(22)31-16-14-30(15-17-31)13-3-4-18-33-24-12-9-20-8-11-23(32)28-26(20)29-24/h1-2,5-7,9-10,12H,3-4,8,11,13-18H2,(H,28,29,32). The van der Waals surface area contributed by atoms with Crippen molar-refractivity contribution >= 4 is 28.2 Å². The maximum Gasteiger partial charge on any atom is 0.225 e. The fourth-order valence-corrected chi connectivity index (χ4v) is 4.66. The second kappa shape index (κ2) is 9.75. The van der Waals surface area contributed by atoms with Gasteiger partial charge in [-0.1, -0.05) is 30.3 Å². The number of aromatic nitrogens is 1. The highest BCUT2D eigenvalue weighted by Gasteiger charge is 2.21. The lowest BCUT2D eigenvalue weighted by Gasteiger charge is -2.36. The van der Waals surface area contributed by atoms with E-state index in [1.165, 1.54) is 0 Å². The Hall–Kier alpha value is -3.19. The van der Waals surface area contributed by atoms with Crippen LogP contribution in [0.2, 0.25) is 0 Å². The molecule has 2 aliphatic rings. The molecule has 0 aliphatic carbocycles. The van der Waals surface area contributed by atoms with Crippen LogP contribution in [0.5, 0.6) is 5.88 Å². The second-order valence-corrected chi connectivity index (χ2v) is 8.71. The molecule has 1 fully saturated rings. The second-order valence-electron chi connectivity index (χ2n) is 8.71. The number of nitrogens with one attached hydrogen (secondary N) is 1. The maximum absolute atomic E-state index is 14.6. The molecule has 33 heavy (non-hydrogen) atoms. The zero-order valence-corrected chi connectivity index (χ0v) is 18.7. The average molecular weight is 449 g/mol. The Morgan fingerprint density at radius 3 is 2.70 bits per heavy atom. The predicted octanol–water partition coefficient (Wildman–Crippen LogP) is 4.24. The zero-order valence-electron chi connectivity index (χ0n) is 18.7. The van der Waals surface area contributed by atoms with E-state index >= 15 is 0 Å². The first-order chi connectivity index (χ1) is 16.2. The molecule has 3 heterocycles. The highest BCUT2D eigenvalue weighted by Crippen LogP contribution is 2.30. The quantitative estimate of drug-likeness (QED) is 0.548. The number of amides is 1. The van der Waals surface area contributed by atoms with Crippen molar-refractivity contribution in [1.82, 2.24) is 9.88 Å².